The molecule has 0 atom stereocenters. The molecule has 0 aromatic heterocycles. The fourth-order valence-corrected chi connectivity index (χ4v) is 1.88. The van der Waals surface area contributed by atoms with Crippen LogP contribution in [0.15, 0.2) is 30.7 Å². The van der Waals surface area contributed by atoms with Gasteiger partial charge < -0.3 is 19.3 Å². The Balaban J connectivity index is 2.51. The zero-order valence-electron chi connectivity index (χ0n) is 10.9. The Hall–Kier alpha value is -2.50. The summed E-state index contributed by atoms with van der Waals surface area (Å²) in [5.74, 6) is -2.90. The van der Waals surface area contributed by atoms with Crippen LogP contribution in [0.5, 0.6) is 5.75 Å². The van der Waals surface area contributed by atoms with Crippen LogP contribution in [-0.4, -0.2) is 18.2 Å². The van der Waals surface area contributed by atoms with E-state index in [0.717, 1.165) is 12.2 Å². The standard InChI is InChI=1S/C14H13FO5/c1-14(19-7-8-20-14)10-4-5-11(18-2)9(13(10)15)3-6-12(16)17/h3-8H,1-2H3,(H,16,17)/b6-3+. The molecule has 20 heavy (non-hydrogen) atoms. The highest BCUT2D eigenvalue weighted by atomic mass is 19.1. The molecule has 0 saturated heterocycles. The minimum absolute atomic E-state index is 0.0210. The predicted molar refractivity (Wildman–Crippen MR) is 68.3 cm³/mol. The van der Waals surface area contributed by atoms with E-state index in [1.54, 1.807) is 6.92 Å². The Bertz CT molecular complexity index is 583. The molecule has 1 aliphatic heterocycles. The van der Waals surface area contributed by atoms with Crippen molar-refractivity contribution in [3.63, 3.8) is 0 Å². The van der Waals surface area contributed by atoms with Crippen LogP contribution in [0.1, 0.15) is 18.1 Å². The Labute approximate surface area is 114 Å². The Morgan fingerprint density at radius 3 is 2.60 bits per heavy atom. The molecule has 6 heteroatoms. The first kappa shape index (κ1) is 13.9. The third kappa shape index (κ3) is 2.45. The largest absolute Gasteiger partial charge is 0.496 e. The normalized spacial score (nSPS) is 15.9. The van der Waals surface area contributed by atoms with Gasteiger partial charge in [-0.3, -0.25) is 0 Å². The molecule has 0 fully saturated rings. The lowest BCUT2D eigenvalue weighted by Gasteiger charge is -2.24. The van der Waals surface area contributed by atoms with E-state index >= 15 is 0 Å². The second-order valence-corrected chi connectivity index (χ2v) is 4.17. The van der Waals surface area contributed by atoms with Crippen LogP contribution in [0, 0.1) is 5.82 Å². The van der Waals surface area contributed by atoms with Gasteiger partial charge in [0.15, 0.2) is 0 Å². The summed E-state index contributed by atoms with van der Waals surface area (Å²) in [6, 6.07) is 3.00. The van der Waals surface area contributed by atoms with E-state index in [4.69, 9.17) is 19.3 Å². The molecule has 0 aliphatic carbocycles. The lowest BCUT2D eigenvalue weighted by atomic mass is 10.0. The molecule has 1 aromatic rings. The number of hydrogen-bond donors (Lipinski definition) is 1. The van der Waals surface area contributed by atoms with Crippen LogP contribution in [-0.2, 0) is 20.1 Å². The first-order valence-corrected chi connectivity index (χ1v) is 5.76. The maximum atomic E-state index is 14.6. The SMILES string of the molecule is COc1ccc(C2(C)OC=CO2)c(F)c1/C=C/C(=O)O. The van der Waals surface area contributed by atoms with E-state index < -0.39 is 17.6 Å². The molecule has 0 saturated carbocycles. The number of carboxylic acids is 1. The average Bonchev–Trinajstić information content (AvgIpc) is 2.84. The monoisotopic (exact) mass is 280 g/mol. The van der Waals surface area contributed by atoms with Crippen molar-refractivity contribution in [1.29, 1.82) is 0 Å². The van der Waals surface area contributed by atoms with Gasteiger partial charge in [-0.1, -0.05) is 0 Å². The third-order valence-corrected chi connectivity index (χ3v) is 2.88. The number of carboxylic acid groups (broad SMARTS) is 1. The molecule has 0 amide bonds. The predicted octanol–water partition coefficient (Wildman–Crippen LogP) is 2.62. The van der Waals surface area contributed by atoms with Crippen molar-refractivity contribution < 1.29 is 28.5 Å². The molecule has 2 rings (SSSR count). The maximum absolute atomic E-state index is 14.6. The van der Waals surface area contributed by atoms with E-state index in [1.807, 2.05) is 0 Å². The van der Waals surface area contributed by atoms with Gasteiger partial charge in [0.2, 0.25) is 0 Å². The van der Waals surface area contributed by atoms with Crippen molar-refractivity contribution in [2.75, 3.05) is 7.11 Å². The lowest BCUT2D eigenvalue weighted by Crippen LogP contribution is -2.24. The summed E-state index contributed by atoms with van der Waals surface area (Å²) in [6.07, 6.45) is 4.60. The van der Waals surface area contributed by atoms with Crippen LogP contribution in [0.2, 0.25) is 0 Å². The Kier molecular flexibility index (Phi) is 3.65. The van der Waals surface area contributed by atoms with Crippen molar-refractivity contribution in [2.45, 2.75) is 12.7 Å². The molecule has 0 unspecified atom stereocenters. The fourth-order valence-electron chi connectivity index (χ4n) is 1.88. The number of aliphatic carboxylic acids is 1. The van der Waals surface area contributed by atoms with Crippen molar-refractivity contribution in [3.05, 3.63) is 47.7 Å². The summed E-state index contributed by atoms with van der Waals surface area (Å²) in [4.78, 5) is 10.6. The number of hydrogen-bond acceptors (Lipinski definition) is 4. The van der Waals surface area contributed by atoms with Crippen molar-refractivity contribution in [1.82, 2.24) is 0 Å². The highest BCUT2D eigenvalue weighted by molar-refractivity contribution is 5.86. The van der Waals surface area contributed by atoms with Gasteiger partial charge in [-0.2, -0.15) is 0 Å². The number of halogens is 1. The summed E-state index contributed by atoms with van der Waals surface area (Å²) in [5.41, 5.74) is 0.168. The number of methoxy groups -OCH3 is 1. The molecule has 106 valence electrons. The van der Waals surface area contributed by atoms with Gasteiger partial charge in [0.25, 0.3) is 5.79 Å². The second kappa shape index (κ2) is 5.24. The minimum atomic E-state index is -1.28. The van der Waals surface area contributed by atoms with Crippen LogP contribution in [0.3, 0.4) is 0 Å². The molecule has 1 aliphatic rings. The number of ether oxygens (including phenoxy) is 3. The molecule has 1 heterocycles. The lowest BCUT2D eigenvalue weighted by molar-refractivity contribution is -0.135. The van der Waals surface area contributed by atoms with Gasteiger partial charge in [-0.25, -0.2) is 9.18 Å². The van der Waals surface area contributed by atoms with E-state index in [2.05, 4.69) is 0 Å². The number of carbonyl (C=O) groups is 1. The van der Waals surface area contributed by atoms with Crippen LogP contribution in [0.4, 0.5) is 4.39 Å². The first-order valence-electron chi connectivity index (χ1n) is 5.76. The van der Waals surface area contributed by atoms with E-state index in [9.17, 15) is 9.18 Å². The number of rotatable bonds is 4. The Morgan fingerprint density at radius 1 is 1.40 bits per heavy atom. The van der Waals surface area contributed by atoms with Gasteiger partial charge in [0.05, 0.1) is 18.2 Å². The quantitative estimate of drug-likeness (QED) is 0.859. The van der Waals surface area contributed by atoms with Crippen LogP contribution >= 0.6 is 0 Å². The van der Waals surface area contributed by atoms with Gasteiger partial charge in [-0.15, -0.1) is 0 Å². The first-order chi connectivity index (χ1) is 9.48. The minimum Gasteiger partial charge on any atom is -0.496 e. The Morgan fingerprint density at radius 2 is 2.05 bits per heavy atom. The van der Waals surface area contributed by atoms with Gasteiger partial charge in [-0.05, 0) is 18.2 Å². The summed E-state index contributed by atoms with van der Waals surface area (Å²) in [7, 11) is 1.37. The maximum Gasteiger partial charge on any atom is 0.328 e. The zero-order chi connectivity index (χ0) is 14.8. The fraction of sp³-hybridized carbons (Fsp3) is 0.214. The van der Waals surface area contributed by atoms with Crippen molar-refractivity contribution in [2.24, 2.45) is 0 Å². The molecule has 5 nitrogen and oxygen atoms in total. The zero-order valence-corrected chi connectivity index (χ0v) is 10.9. The molecular weight excluding hydrogens is 267 g/mol. The van der Waals surface area contributed by atoms with E-state index in [1.165, 1.54) is 31.8 Å². The molecule has 0 spiro atoms. The van der Waals surface area contributed by atoms with Crippen molar-refractivity contribution >= 4 is 12.0 Å². The van der Waals surface area contributed by atoms with E-state index in [0.29, 0.717) is 0 Å². The summed E-state index contributed by atoms with van der Waals surface area (Å²) in [5, 5.41) is 8.65. The number of benzene rings is 1. The molecular formula is C14H13FO5. The summed E-state index contributed by atoms with van der Waals surface area (Å²) < 4.78 is 30.1. The van der Waals surface area contributed by atoms with Gasteiger partial charge in [0, 0.05) is 13.0 Å². The second-order valence-electron chi connectivity index (χ2n) is 4.17. The summed E-state index contributed by atoms with van der Waals surface area (Å²) >= 11 is 0. The van der Waals surface area contributed by atoms with Gasteiger partial charge >= 0.3 is 5.97 Å². The summed E-state index contributed by atoms with van der Waals surface area (Å²) in [6.45, 7) is 1.56. The highest BCUT2D eigenvalue weighted by Crippen LogP contribution is 2.37. The van der Waals surface area contributed by atoms with Crippen LogP contribution < -0.4 is 4.74 Å². The van der Waals surface area contributed by atoms with Crippen molar-refractivity contribution in [3.8, 4) is 5.75 Å². The smallest absolute Gasteiger partial charge is 0.328 e. The molecule has 0 bridgehead atoms. The third-order valence-electron chi connectivity index (χ3n) is 2.88. The van der Waals surface area contributed by atoms with Crippen LogP contribution in [0.25, 0.3) is 6.08 Å². The molecule has 1 N–H and O–H groups in total. The van der Waals surface area contributed by atoms with Gasteiger partial charge in [0.1, 0.15) is 24.1 Å². The molecule has 0 radical (unpaired) electrons. The average molecular weight is 280 g/mol. The highest BCUT2D eigenvalue weighted by Gasteiger charge is 2.36. The van der Waals surface area contributed by atoms with E-state index in [-0.39, 0.29) is 16.9 Å². The molecule has 1 aromatic carbocycles. The topological polar surface area (TPSA) is 65.0 Å².